The van der Waals surface area contributed by atoms with Gasteiger partial charge in [-0.05, 0) is 42.3 Å². The number of rotatable bonds is 7. The average Bonchev–Trinajstić information content (AvgIpc) is 2.83. The van der Waals surface area contributed by atoms with Gasteiger partial charge < -0.3 is 20.7 Å². The minimum absolute atomic E-state index is 0.0764. The maximum atomic E-state index is 13.1. The van der Waals surface area contributed by atoms with E-state index in [9.17, 15) is 19.7 Å². The fourth-order valence-electron chi connectivity index (χ4n) is 3.61. The van der Waals surface area contributed by atoms with Crippen LogP contribution in [0, 0.1) is 10.1 Å². The summed E-state index contributed by atoms with van der Waals surface area (Å²) in [6, 6.07) is 21.4. The molecule has 0 aromatic heterocycles. The van der Waals surface area contributed by atoms with Crippen LogP contribution in [-0.2, 0) is 11.4 Å². The third kappa shape index (κ3) is 5.21. The highest BCUT2D eigenvalue weighted by Gasteiger charge is 2.31. The lowest BCUT2D eigenvalue weighted by atomic mass is 9.94. The lowest BCUT2D eigenvalue weighted by Gasteiger charge is -2.28. The number of carbonyl (C=O) groups excluding carboxylic acids is 2. The van der Waals surface area contributed by atoms with Crippen molar-refractivity contribution in [2.45, 2.75) is 19.6 Å². The summed E-state index contributed by atoms with van der Waals surface area (Å²) in [6.45, 7) is 2.07. The Morgan fingerprint density at radius 2 is 1.71 bits per heavy atom. The Bertz CT molecular complexity index is 1240. The van der Waals surface area contributed by atoms with Gasteiger partial charge in [0.25, 0.3) is 11.6 Å². The van der Waals surface area contributed by atoms with Gasteiger partial charge in [-0.2, -0.15) is 0 Å². The molecule has 3 aromatic carbocycles. The number of amides is 3. The van der Waals surface area contributed by atoms with E-state index in [1.807, 2.05) is 30.3 Å². The molecule has 0 saturated carbocycles. The molecule has 34 heavy (non-hydrogen) atoms. The van der Waals surface area contributed by atoms with E-state index >= 15 is 0 Å². The molecule has 9 nitrogen and oxygen atoms in total. The molecule has 0 fully saturated rings. The molecule has 1 aliphatic heterocycles. The third-order valence-electron chi connectivity index (χ3n) is 5.31. The van der Waals surface area contributed by atoms with Crippen LogP contribution >= 0.6 is 0 Å². The van der Waals surface area contributed by atoms with E-state index in [0.29, 0.717) is 34.9 Å². The fraction of sp³-hybridized carbons (Fsp3) is 0.120. The summed E-state index contributed by atoms with van der Waals surface area (Å²) in [5.41, 5.74) is 2.81. The number of ether oxygens (including phenoxy) is 1. The van der Waals surface area contributed by atoms with Gasteiger partial charge in [0.05, 0.1) is 16.5 Å². The van der Waals surface area contributed by atoms with Crippen molar-refractivity contribution in [1.82, 2.24) is 10.6 Å². The predicted octanol–water partition coefficient (Wildman–Crippen LogP) is 4.44. The number of nitro benzene ring substituents is 1. The van der Waals surface area contributed by atoms with Crippen molar-refractivity contribution in [3.63, 3.8) is 0 Å². The van der Waals surface area contributed by atoms with Gasteiger partial charge in [0, 0.05) is 23.5 Å². The predicted molar refractivity (Wildman–Crippen MR) is 126 cm³/mol. The molecule has 4 rings (SSSR count). The lowest BCUT2D eigenvalue weighted by molar-refractivity contribution is -0.384. The number of allylic oxidation sites excluding steroid dienone is 1. The first-order valence-corrected chi connectivity index (χ1v) is 10.5. The van der Waals surface area contributed by atoms with E-state index in [2.05, 4.69) is 16.0 Å². The number of hydrogen-bond donors (Lipinski definition) is 3. The summed E-state index contributed by atoms with van der Waals surface area (Å²) >= 11 is 0. The second-order valence-electron chi connectivity index (χ2n) is 7.67. The second kappa shape index (κ2) is 9.86. The third-order valence-corrected chi connectivity index (χ3v) is 5.31. The zero-order valence-corrected chi connectivity index (χ0v) is 18.3. The van der Waals surface area contributed by atoms with E-state index in [0.717, 1.165) is 5.56 Å². The number of carbonyl (C=O) groups is 2. The Kier molecular flexibility index (Phi) is 6.54. The minimum atomic E-state index is -0.685. The number of anilines is 1. The van der Waals surface area contributed by atoms with Crippen molar-refractivity contribution < 1.29 is 19.2 Å². The average molecular weight is 458 g/mol. The highest BCUT2D eigenvalue weighted by Crippen LogP contribution is 2.29. The summed E-state index contributed by atoms with van der Waals surface area (Å²) in [7, 11) is 0. The van der Waals surface area contributed by atoms with Crippen LogP contribution in [-0.4, -0.2) is 16.9 Å². The molecule has 3 N–H and O–H groups in total. The normalized spacial score (nSPS) is 15.2. The maximum Gasteiger partial charge on any atom is 0.319 e. The van der Waals surface area contributed by atoms with Crippen LogP contribution in [0.15, 0.2) is 90.1 Å². The van der Waals surface area contributed by atoms with Crippen molar-refractivity contribution in [2.75, 3.05) is 5.32 Å². The van der Waals surface area contributed by atoms with Crippen molar-refractivity contribution in [3.8, 4) is 5.75 Å². The van der Waals surface area contributed by atoms with Gasteiger partial charge in [-0.3, -0.25) is 14.9 Å². The SMILES string of the molecule is CC1=C(C(=O)Nc2ccc([N+](=O)[O-])cc2)[C@H](c2ccc(OCc3ccccc3)cc2)NC(=O)N1. The van der Waals surface area contributed by atoms with Crippen LogP contribution in [0.4, 0.5) is 16.2 Å². The largest absolute Gasteiger partial charge is 0.489 e. The van der Waals surface area contributed by atoms with Gasteiger partial charge in [0.15, 0.2) is 0 Å². The van der Waals surface area contributed by atoms with E-state index in [4.69, 9.17) is 4.74 Å². The molecular weight excluding hydrogens is 436 g/mol. The number of nitro groups is 1. The summed E-state index contributed by atoms with van der Waals surface area (Å²) < 4.78 is 5.82. The van der Waals surface area contributed by atoms with Gasteiger partial charge in [-0.15, -0.1) is 0 Å². The van der Waals surface area contributed by atoms with E-state index < -0.39 is 22.9 Å². The molecular formula is C25H22N4O5. The molecule has 3 amide bonds. The van der Waals surface area contributed by atoms with Crippen LogP contribution in [0.1, 0.15) is 24.1 Å². The van der Waals surface area contributed by atoms with E-state index in [1.165, 1.54) is 24.3 Å². The Morgan fingerprint density at radius 3 is 2.35 bits per heavy atom. The lowest BCUT2D eigenvalue weighted by Crippen LogP contribution is -2.45. The van der Waals surface area contributed by atoms with Crippen LogP contribution in [0.2, 0.25) is 0 Å². The van der Waals surface area contributed by atoms with Crippen LogP contribution in [0.25, 0.3) is 0 Å². The fourth-order valence-corrected chi connectivity index (χ4v) is 3.61. The number of urea groups is 1. The molecule has 0 aliphatic carbocycles. The summed E-state index contributed by atoms with van der Waals surface area (Å²) in [6.07, 6.45) is 0. The van der Waals surface area contributed by atoms with Crippen molar-refractivity contribution in [1.29, 1.82) is 0 Å². The zero-order chi connectivity index (χ0) is 24.1. The standard InChI is InChI=1S/C25H22N4O5/c1-16-22(24(30)27-19-9-11-20(12-10-19)29(32)33)23(28-25(31)26-16)18-7-13-21(14-8-18)34-15-17-5-3-2-4-6-17/h2-14,23H,15H2,1H3,(H,27,30)(H2,26,28,31)/t23-/m0/s1. The highest BCUT2D eigenvalue weighted by atomic mass is 16.6. The van der Waals surface area contributed by atoms with Crippen molar-refractivity contribution >= 4 is 23.3 Å². The maximum absolute atomic E-state index is 13.1. The molecule has 1 atom stereocenters. The molecule has 0 spiro atoms. The van der Waals surface area contributed by atoms with Crippen molar-refractivity contribution in [3.05, 3.63) is 111 Å². The Hall–Kier alpha value is -4.66. The minimum Gasteiger partial charge on any atom is -0.489 e. The van der Waals surface area contributed by atoms with Gasteiger partial charge in [0.1, 0.15) is 12.4 Å². The Morgan fingerprint density at radius 1 is 1.03 bits per heavy atom. The first-order valence-electron chi connectivity index (χ1n) is 10.5. The van der Waals surface area contributed by atoms with Crippen LogP contribution < -0.4 is 20.7 Å². The molecule has 3 aromatic rings. The Labute approximate surface area is 195 Å². The molecule has 0 bridgehead atoms. The topological polar surface area (TPSA) is 123 Å². The van der Waals surface area contributed by atoms with Crippen LogP contribution in [0.3, 0.4) is 0 Å². The summed E-state index contributed by atoms with van der Waals surface area (Å²) in [5, 5.41) is 19.0. The summed E-state index contributed by atoms with van der Waals surface area (Å²) in [4.78, 5) is 35.6. The van der Waals surface area contributed by atoms with Crippen LogP contribution in [0.5, 0.6) is 5.75 Å². The summed E-state index contributed by atoms with van der Waals surface area (Å²) in [5.74, 6) is 0.221. The van der Waals surface area contributed by atoms with Gasteiger partial charge in [0.2, 0.25) is 0 Å². The van der Waals surface area contributed by atoms with Gasteiger partial charge in [-0.1, -0.05) is 42.5 Å². The van der Waals surface area contributed by atoms with Crippen molar-refractivity contribution in [2.24, 2.45) is 0 Å². The van der Waals surface area contributed by atoms with E-state index in [1.54, 1.807) is 31.2 Å². The number of non-ortho nitro benzene ring substituents is 1. The van der Waals surface area contributed by atoms with Gasteiger partial charge in [-0.25, -0.2) is 4.79 Å². The van der Waals surface area contributed by atoms with Gasteiger partial charge >= 0.3 is 6.03 Å². The van der Waals surface area contributed by atoms with E-state index in [-0.39, 0.29) is 5.69 Å². The molecule has 172 valence electrons. The second-order valence-corrected chi connectivity index (χ2v) is 7.67. The quantitative estimate of drug-likeness (QED) is 0.357. The molecule has 1 heterocycles. The number of nitrogens with one attached hydrogen (secondary N) is 3. The molecule has 1 aliphatic rings. The molecule has 9 heteroatoms. The molecule has 0 saturated heterocycles. The highest BCUT2D eigenvalue weighted by molar-refractivity contribution is 6.06. The first-order chi connectivity index (χ1) is 16.4. The smallest absolute Gasteiger partial charge is 0.319 e. The molecule has 0 radical (unpaired) electrons. The monoisotopic (exact) mass is 458 g/mol. The number of nitrogens with zero attached hydrogens (tertiary/aromatic N) is 1. The number of hydrogen-bond acceptors (Lipinski definition) is 5. The number of benzene rings is 3. The molecule has 0 unspecified atom stereocenters. The first kappa shape index (κ1) is 22.5. The Balaban J connectivity index is 1.51. The zero-order valence-electron chi connectivity index (χ0n) is 18.3.